The van der Waals surface area contributed by atoms with Crippen LogP contribution in [0.3, 0.4) is 0 Å². The van der Waals surface area contributed by atoms with E-state index in [2.05, 4.69) is 5.32 Å². The number of aliphatic hydroxyl groups is 1. The second-order valence-electron chi connectivity index (χ2n) is 6.71. The second kappa shape index (κ2) is 7.53. The summed E-state index contributed by atoms with van der Waals surface area (Å²) in [6.45, 7) is 8.58. The third-order valence-electron chi connectivity index (χ3n) is 3.99. The first kappa shape index (κ1) is 16.8. The van der Waals surface area contributed by atoms with Gasteiger partial charge in [-0.2, -0.15) is 11.8 Å². The van der Waals surface area contributed by atoms with E-state index in [0.29, 0.717) is 18.9 Å². The van der Waals surface area contributed by atoms with Crippen molar-refractivity contribution in [1.29, 1.82) is 0 Å². The molecule has 4 heteroatoms. The molecule has 112 valence electrons. The highest BCUT2D eigenvalue weighted by atomic mass is 32.2. The fraction of sp³-hybridized carbons (Fsp3) is 0.933. The number of carbonyl (C=O) groups is 1. The number of aliphatic hydroxyl groups excluding tert-OH is 1. The van der Waals surface area contributed by atoms with Crippen molar-refractivity contribution in [2.24, 2.45) is 17.3 Å². The van der Waals surface area contributed by atoms with Crippen molar-refractivity contribution in [3.8, 4) is 0 Å². The lowest BCUT2D eigenvalue weighted by Gasteiger charge is -2.33. The summed E-state index contributed by atoms with van der Waals surface area (Å²) in [7, 11) is 0. The van der Waals surface area contributed by atoms with E-state index in [4.69, 9.17) is 0 Å². The fourth-order valence-electron chi connectivity index (χ4n) is 2.62. The van der Waals surface area contributed by atoms with Crippen LogP contribution in [0.15, 0.2) is 0 Å². The quantitative estimate of drug-likeness (QED) is 0.789. The van der Waals surface area contributed by atoms with Crippen molar-refractivity contribution in [2.75, 3.05) is 18.1 Å². The van der Waals surface area contributed by atoms with Gasteiger partial charge in [-0.3, -0.25) is 4.79 Å². The van der Waals surface area contributed by atoms with Gasteiger partial charge in [0.2, 0.25) is 5.91 Å². The van der Waals surface area contributed by atoms with E-state index in [1.165, 1.54) is 11.5 Å². The first-order valence-corrected chi connectivity index (χ1v) is 8.51. The van der Waals surface area contributed by atoms with E-state index < -0.39 is 0 Å². The van der Waals surface area contributed by atoms with Gasteiger partial charge in [0.15, 0.2) is 0 Å². The average Bonchev–Trinajstić information content (AvgIpc) is 2.36. The van der Waals surface area contributed by atoms with Gasteiger partial charge in [-0.1, -0.05) is 27.7 Å². The molecule has 1 aliphatic rings. The maximum absolute atomic E-state index is 12.0. The van der Waals surface area contributed by atoms with E-state index in [0.717, 1.165) is 12.8 Å². The molecule has 0 aromatic rings. The summed E-state index contributed by atoms with van der Waals surface area (Å²) in [5, 5.41) is 13.1. The summed E-state index contributed by atoms with van der Waals surface area (Å²) in [4.78, 5) is 12.0. The molecule has 1 atom stereocenters. The topological polar surface area (TPSA) is 49.3 Å². The molecule has 0 aliphatic carbocycles. The van der Waals surface area contributed by atoms with Crippen molar-refractivity contribution in [3.63, 3.8) is 0 Å². The van der Waals surface area contributed by atoms with Crippen LogP contribution in [0.4, 0.5) is 0 Å². The Morgan fingerprint density at radius 1 is 1.37 bits per heavy atom. The van der Waals surface area contributed by atoms with Gasteiger partial charge in [0, 0.05) is 18.4 Å². The average molecular weight is 287 g/mol. The van der Waals surface area contributed by atoms with Gasteiger partial charge in [0.05, 0.1) is 6.10 Å². The van der Waals surface area contributed by atoms with E-state index in [9.17, 15) is 9.90 Å². The molecule has 0 radical (unpaired) electrons. The van der Waals surface area contributed by atoms with Crippen LogP contribution in [0.5, 0.6) is 0 Å². The third-order valence-corrected chi connectivity index (χ3v) is 5.04. The summed E-state index contributed by atoms with van der Waals surface area (Å²) in [5.41, 5.74) is -0.272. The molecule has 3 nitrogen and oxygen atoms in total. The SMILES string of the molecule is CC(C)C(O)C(C)(C)CNC(=O)CC1CCSCC1. The van der Waals surface area contributed by atoms with Gasteiger partial charge < -0.3 is 10.4 Å². The Labute approximate surface area is 121 Å². The van der Waals surface area contributed by atoms with Crippen molar-refractivity contribution in [1.82, 2.24) is 5.32 Å². The van der Waals surface area contributed by atoms with Gasteiger partial charge in [-0.25, -0.2) is 0 Å². The molecule has 1 saturated heterocycles. The Balaban J connectivity index is 2.32. The summed E-state index contributed by atoms with van der Waals surface area (Å²) >= 11 is 1.99. The molecule has 0 bridgehead atoms. The first-order chi connectivity index (χ1) is 8.83. The molecule has 0 aromatic carbocycles. The van der Waals surface area contributed by atoms with E-state index in [1.807, 2.05) is 39.5 Å². The summed E-state index contributed by atoms with van der Waals surface area (Å²) in [6, 6.07) is 0. The molecule has 0 aromatic heterocycles. The standard InChI is InChI=1S/C15H29NO2S/c1-11(2)14(18)15(3,4)10-16-13(17)9-12-5-7-19-8-6-12/h11-12,14,18H,5-10H2,1-4H3,(H,16,17). The molecule has 19 heavy (non-hydrogen) atoms. The lowest BCUT2D eigenvalue weighted by molar-refractivity contribution is -0.123. The van der Waals surface area contributed by atoms with E-state index in [1.54, 1.807) is 0 Å². The van der Waals surface area contributed by atoms with Gasteiger partial charge in [-0.15, -0.1) is 0 Å². The normalized spacial score (nSPS) is 19.5. The molecule has 1 fully saturated rings. The fourth-order valence-corrected chi connectivity index (χ4v) is 3.82. The van der Waals surface area contributed by atoms with E-state index in [-0.39, 0.29) is 23.3 Å². The Morgan fingerprint density at radius 3 is 2.47 bits per heavy atom. The molecular formula is C15H29NO2S. The number of amides is 1. The van der Waals surface area contributed by atoms with Crippen LogP contribution in [0.2, 0.25) is 0 Å². The maximum atomic E-state index is 12.0. The number of nitrogens with one attached hydrogen (secondary N) is 1. The molecule has 0 spiro atoms. The van der Waals surface area contributed by atoms with Crippen molar-refractivity contribution in [2.45, 2.75) is 53.1 Å². The van der Waals surface area contributed by atoms with Gasteiger partial charge in [0.1, 0.15) is 0 Å². The third kappa shape index (κ3) is 5.74. The number of hydrogen-bond acceptors (Lipinski definition) is 3. The molecular weight excluding hydrogens is 258 g/mol. The molecule has 0 saturated carbocycles. The number of carbonyl (C=O) groups excluding carboxylic acids is 1. The van der Waals surface area contributed by atoms with Crippen LogP contribution in [0.1, 0.15) is 47.0 Å². The van der Waals surface area contributed by atoms with Crippen LogP contribution in [0, 0.1) is 17.3 Å². The van der Waals surface area contributed by atoms with Crippen molar-refractivity contribution in [3.05, 3.63) is 0 Å². The lowest BCUT2D eigenvalue weighted by atomic mass is 9.80. The molecule has 1 unspecified atom stereocenters. The lowest BCUT2D eigenvalue weighted by Crippen LogP contribution is -2.44. The Bertz CT molecular complexity index is 286. The van der Waals surface area contributed by atoms with Gasteiger partial charge in [-0.05, 0) is 36.2 Å². The summed E-state index contributed by atoms with van der Waals surface area (Å²) < 4.78 is 0. The molecule has 1 amide bonds. The van der Waals surface area contributed by atoms with Gasteiger partial charge in [0.25, 0.3) is 0 Å². The van der Waals surface area contributed by atoms with Crippen LogP contribution in [0.25, 0.3) is 0 Å². The number of thioether (sulfide) groups is 1. The maximum Gasteiger partial charge on any atom is 0.220 e. The van der Waals surface area contributed by atoms with Crippen LogP contribution in [-0.2, 0) is 4.79 Å². The minimum atomic E-state index is -0.390. The van der Waals surface area contributed by atoms with Crippen molar-refractivity contribution < 1.29 is 9.90 Å². The predicted molar refractivity (Wildman–Crippen MR) is 82.3 cm³/mol. The number of rotatable bonds is 6. The summed E-state index contributed by atoms with van der Waals surface area (Å²) in [5.74, 6) is 3.29. The minimum absolute atomic E-state index is 0.140. The number of hydrogen-bond donors (Lipinski definition) is 2. The molecule has 1 rings (SSSR count). The molecule has 1 heterocycles. The zero-order chi connectivity index (χ0) is 14.5. The zero-order valence-corrected chi connectivity index (χ0v) is 13.6. The van der Waals surface area contributed by atoms with E-state index >= 15 is 0 Å². The monoisotopic (exact) mass is 287 g/mol. The Hall–Kier alpha value is -0.220. The van der Waals surface area contributed by atoms with Crippen molar-refractivity contribution >= 4 is 17.7 Å². The molecule has 2 N–H and O–H groups in total. The van der Waals surface area contributed by atoms with Gasteiger partial charge >= 0.3 is 0 Å². The predicted octanol–water partition coefficient (Wildman–Crippen LogP) is 2.68. The van der Waals surface area contributed by atoms with Crippen LogP contribution >= 0.6 is 11.8 Å². The Kier molecular flexibility index (Phi) is 6.67. The second-order valence-corrected chi connectivity index (χ2v) is 7.94. The highest BCUT2D eigenvalue weighted by Crippen LogP contribution is 2.27. The Morgan fingerprint density at radius 2 is 1.95 bits per heavy atom. The largest absolute Gasteiger partial charge is 0.392 e. The summed E-state index contributed by atoms with van der Waals surface area (Å²) in [6.07, 6.45) is 2.58. The zero-order valence-electron chi connectivity index (χ0n) is 12.7. The van der Waals surface area contributed by atoms with Crippen LogP contribution < -0.4 is 5.32 Å². The molecule has 1 aliphatic heterocycles. The highest BCUT2D eigenvalue weighted by Gasteiger charge is 2.30. The minimum Gasteiger partial charge on any atom is -0.392 e. The highest BCUT2D eigenvalue weighted by molar-refractivity contribution is 7.99. The first-order valence-electron chi connectivity index (χ1n) is 7.35. The smallest absolute Gasteiger partial charge is 0.220 e. The van der Waals surface area contributed by atoms with Crippen LogP contribution in [-0.4, -0.2) is 35.2 Å².